The van der Waals surface area contributed by atoms with E-state index in [0.29, 0.717) is 5.69 Å². The average molecular weight is 514 g/mol. The highest BCUT2D eigenvalue weighted by atomic mass is 35.5. The number of guanidine groups is 1. The number of aliphatic carboxylic acids is 2. The number of ether oxygens (including phenoxy) is 1. The van der Waals surface area contributed by atoms with Crippen molar-refractivity contribution in [2.45, 2.75) is 19.0 Å². The van der Waals surface area contributed by atoms with Crippen LogP contribution in [0.2, 0.25) is 5.02 Å². The average Bonchev–Trinajstić information content (AvgIpc) is 2.72. The number of carboxylic acid groups (broad SMARTS) is 2. The van der Waals surface area contributed by atoms with Gasteiger partial charge in [-0.05, 0) is 42.0 Å². The smallest absolute Gasteiger partial charge is 0.343 e. The molecule has 0 fully saturated rings. The number of esters is 1. The van der Waals surface area contributed by atoms with E-state index in [0.717, 1.165) is 0 Å². The monoisotopic (exact) mass is 513 g/mol. The van der Waals surface area contributed by atoms with Gasteiger partial charge in [0.1, 0.15) is 11.8 Å². The van der Waals surface area contributed by atoms with Crippen molar-refractivity contribution in [3.63, 3.8) is 0 Å². The molecular formula is C19H20ClN5O8S. The highest BCUT2D eigenvalue weighted by Crippen LogP contribution is 2.24. The number of nitrogens with one attached hydrogen (secondary N) is 4. The van der Waals surface area contributed by atoms with E-state index < -0.39 is 40.6 Å². The molecule has 0 aromatic heterocycles. The van der Waals surface area contributed by atoms with Gasteiger partial charge in [-0.1, -0.05) is 17.7 Å². The van der Waals surface area contributed by atoms with Crippen molar-refractivity contribution in [3.05, 3.63) is 58.6 Å². The molecule has 13 nitrogen and oxygen atoms in total. The van der Waals surface area contributed by atoms with Crippen LogP contribution in [0.25, 0.3) is 0 Å². The summed E-state index contributed by atoms with van der Waals surface area (Å²) >= 11 is 6.12. The van der Waals surface area contributed by atoms with E-state index >= 15 is 0 Å². The number of benzene rings is 2. The van der Waals surface area contributed by atoms with Crippen LogP contribution in [0.4, 0.5) is 5.69 Å². The lowest BCUT2D eigenvalue weighted by Crippen LogP contribution is -2.47. The maximum atomic E-state index is 12.3. The molecule has 8 N–H and O–H groups in total. The van der Waals surface area contributed by atoms with Crippen LogP contribution in [0.15, 0.2) is 42.5 Å². The lowest BCUT2D eigenvalue weighted by atomic mass is 10.2. The Morgan fingerprint density at radius 3 is 2.29 bits per heavy atom. The number of anilines is 1. The molecule has 15 heteroatoms. The second-order valence-corrected chi connectivity index (χ2v) is 8.63. The Morgan fingerprint density at radius 2 is 1.76 bits per heavy atom. The van der Waals surface area contributed by atoms with Crippen molar-refractivity contribution in [2.24, 2.45) is 5.73 Å². The van der Waals surface area contributed by atoms with Crippen LogP contribution in [-0.4, -0.2) is 48.5 Å². The summed E-state index contributed by atoms with van der Waals surface area (Å²) in [6.45, 7) is -0.355. The van der Waals surface area contributed by atoms with Crippen LogP contribution in [-0.2, 0) is 26.3 Å². The first-order valence-corrected chi connectivity index (χ1v) is 11.2. The number of hydrogen-bond donors (Lipinski definition) is 7. The quantitative estimate of drug-likeness (QED) is 0.0964. The zero-order chi connectivity index (χ0) is 25.5. The second-order valence-electron chi connectivity index (χ2n) is 6.69. The fourth-order valence-electron chi connectivity index (χ4n) is 2.50. The van der Waals surface area contributed by atoms with Crippen LogP contribution >= 0.6 is 11.6 Å². The first-order valence-electron chi connectivity index (χ1n) is 9.29. The number of rotatable bonds is 11. The van der Waals surface area contributed by atoms with Gasteiger partial charge in [0.25, 0.3) is 10.2 Å². The van der Waals surface area contributed by atoms with Gasteiger partial charge in [0.2, 0.25) is 0 Å². The Labute approximate surface area is 198 Å². The van der Waals surface area contributed by atoms with E-state index in [-0.39, 0.29) is 34.4 Å². The van der Waals surface area contributed by atoms with E-state index in [1.54, 1.807) is 4.72 Å². The molecule has 0 spiro atoms. The third kappa shape index (κ3) is 8.32. The molecule has 0 bridgehead atoms. The molecule has 2 aromatic carbocycles. The molecule has 182 valence electrons. The van der Waals surface area contributed by atoms with Crippen LogP contribution in [0.1, 0.15) is 22.3 Å². The lowest BCUT2D eigenvalue weighted by Gasteiger charge is -2.14. The Hall–Kier alpha value is -3.72. The molecule has 0 amide bonds. The lowest BCUT2D eigenvalue weighted by molar-refractivity contribution is -0.145. The van der Waals surface area contributed by atoms with Gasteiger partial charge >= 0.3 is 17.9 Å². The van der Waals surface area contributed by atoms with Crippen LogP contribution in [0, 0.1) is 5.41 Å². The summed E-state index contributed by atoms with van der Waals surface area (Å²) in [7, 11) is -4.38. The zero-order valence-corrected chi connectivity index (χ0v) is 18.8. The van der Waals surface area contributed by atoms with Gasteiger partial charge in [0.15, 0.2) is 5.96 Å². The molecule has 0 saturated carbocycles. The van der Waals surface area contributed by atoms with Crippen molar-refractivity contribution >= 4 is 51.4 Å². The number of carboxylic acids is 2. The number of hydrogen-bond acceptors (Lipinski definition) is 7. The van der Waals surface area contributed by atoms with Gasteiger partial charge in [-0.3, -0.25) is 15.0 Å². The third-order valence-corrected chi connectivity index (χ3v) is 5.53. The minimum absolute atomic E-state index is 0.0503. The Kier molecular flexibility index (Phi) is 8.91. The summed E-state index contributed by atoms with van der Waals surface area (Å²) < 4.78 is 33.1. The minimum Gasteiger partial charge on any atom is -0.481 e. The molecule has 2 rings (SSSR count). The largest absolute Gasteiger partial charge is 0.481 e. The fourth-order valence-corrected chi connectivity index (χ4v) is 3.73. The Morgan fingerprint density at radius 1 is 1.12 bits per heavy atom. The standard InChI is InChI=1S/C19H20ClN5O8S/c20-14-7-13(33-18(30)10-1-4-12(5-2-10)24-19(21)22)6-3-11(14)9-23-34(31,32)25-15(17(28)29)8-16(26)27/h1-7,15,23,25H,8-9H2,(H,26,27)(H,28,29)(H4,21,22,24). The molecule has 1 atom stereocenters. The van der Waals surface area contributed by atoms with Gasteiger partial charge in [-0.2, -0.15) is 17.9 Å². The third-order valence-electron chi connectivity index (χ3n) is 4.06. The van der Waals surface area contributed by atoms with Crippen molar-refractivity contribution < 1.29 is 37.8 Å². The summed E-state index contributed by atoms with van der Waals surface area (Å²) in [6, 6.07) is 8.15. The number of carbonyl (C=O) groups excluding carboxylic acids is 1. The highest BCUT2D eigenvalue weighted by molar-refractivity contribution is 7.87. The normalized spacial score (nSPS) is 11.9. The van der Waals surface area contributed by atoms with Gasteiger partial charge in [0, 0.05) is 17.3 Å². The first kappa shape index (κ1) is 26.5. The van der Waals surface area contributed by atoms with E-state index in [2.05, 4.69) is 10.0 Å². The Bertz CT molecular complexity index is 1200. The molecule has 34 heavy (non-hydrogen) atoms. The Balaban J connectivity index is 2.00. The predicted molar refractivity (Wildman–Crippen MR) is 121 cm³/mol. The van der Waals surface area contributed by atoms with Crippen molar-refractivity contribution in [1.29, 1.82) is 5.41 Å². The van der Waals surface area contributed by atoms with Crippen molar-refractivity contribution in [1.82, 2.24) is 9.44 Å². The molecule has 0 heterocycles. The molecule has 0 aliphatic rings. The molecular weight excluding hydrogens is 494 g/mol. The maximum absolute atomic E-state index is 12.3. The topological polar surface area (TPSA) is 221 Å². The first-order chi connectivity index (χ1) is 15.9. The van der Waals surface area contributed by atoms with Crippen molar-refractivity contribution in [2.75, 3.05) is 5.32 Å². The second kappa shape index (κ2) is 11.4. The van der Waals surface area contributed by atoms with Crippen LogP contribution < -0.4 is 25.2 Å². The van der Waals surface area contributed by atoms with E-state index in [1.165, 1.54) is 42.5 Å². The summed E-state index contributed by atoms with van der Waals surface area (Å²) in [6.07, 6.45) is -0.951. The molecule has 2 aromatic rings. The molecule has 1 unspecified atom stereocenters. The van der Waals surface area contributed by atoms with Crippen LogP contribution in [0.3, 0.4) is 0 Å². The van der Waals surface area contributed by atoms with Gasteiger partial charge in [0.05, 0.1) is 12.0 Å². The zero-order valence-electron chi connectivity index (χ0n) is 17.2. The molecule has 0 radical (unpaired) electrons. The van der Waals surface area contributed by atoms with E-state index in [1.807, 2.05) is 0 Å². The summed E-state index contributed by atoms with van der Waals surface area (Å²) in [5, 5.41) is 27.4. The minimum atomic E-state index is -4.38. The van der Waals surface area contributed by atoms with Crippen LogP contribution in [0.5, 0.6) is 5.75 Å². The molecule has 0 aliphatic heterocycles. The summed E-state index contributed by atoms with van der Waals surface area (Å²) in [5.74, 6) is -4.02. The summed E-state index contributed by atoms with van der Waals surface area (Å²) in [4.78, 5) is 34.0. The van der Waals surface area contributed by atoms with Gasteiger partial charge in [-0.15, -0.1) is 0 Å². The van der Waals surface area contributed by atoms with Gasteiger partial charge in [-0.25, -0.2) is 4.79 Å². The number of nitrogens with two attached hydrogens (primary N) is 1. The van der Waals surface area contributed by atoms with Gasteiger partial charge < -0.3 is 26.0 Å². The number of halogens is 1. The van der Waals surface area contributed by atoms with Crippen molar-refractivity contribution in [3.8, 4) is 5.75 Å². The highest BCUT2D eigenvalue weighted by Gasteiger charge is 2.26. The molecule has 0 saturated heterocycles. The van der Waals surface area contributed by atoms with E-state index in [4.69, 9.17) is 37.7 Å². The SMILES string of the molecule is N=C(N)Nc1ccc(C(=O)Oc2ccc(CNS(=O)(=O)NC(CC(=O)O)C(=O)O)c(Cl)c2)cc1. The fraction of sp³-hybridized carbons (Fsp3) is 0.158. The molecule has 0 aliphatic carbocycles. The number of carbonyl (C=O) groups is 3. The predicted octanol–water partition coefficient (Wildman–Crippen LogP) is 0.716. The maximum Gasteiger partial charge on any atom is 0.343 e. The summed E-state index contributed by atoms with van der Waals surface area (Å²) in [5.41, 5.74) is 6.22. The van der Waals surface area contributed by atoms with E-state index in [9.17, 15) is 22.8 Å².